The third-order valence-electron chi connectivity index (χ3n) is 3.37. The Balaban J connectivity index is 1.61. The summed E-state index contributed by atoms with van der Waals surface area (Å²) < 4.78 is 5.58. The highest BCUT2D eigenvalue weighted by molar-refractivity contribution is 6.30. The number of carbonyl (C=O) groups excluding carboxylic acids is 1. The van der Waals surface area contributed by atoms with Gasteiger partial charge in [0, 0.05) is 35.4 Å². The molecular formula is C17H15ClN2O2. The minimum absolute atomic E-state index is 0.124. The van der Waals surface area contributed by atoms with Crippen LogP contribution in [0.15, 0.2) is 48.2 Å². The average Bonchev–Trinajstić information content (AvgIpc) is 2.55. The third kappa shape index (κ3) is 3.46. The van der Waals surface area contributed by atoms with Crippen LogP contribution in [0.4, 0.5) is 0 Å². The number of amides is 1. The highest BCUT2D eigenvalue weighted by Crippen LogP contribution is 2.28. The molecule has 0 atom stereocenters. The van der Waals surface area contributed by atoms with E-state index >= 15 is 0 Å². The second kappa shape index (κ2) is 6.62. The highest BCUT2D eigenvalue weighted by Gasteiger charge is 2.17. The van der Waals surface area contributed by atoms with Crippen molar-refractivity contribution in [3.05, 3.63) is 64.4 Å². The van der Waals surface area contributed by atoms with E-state index in [0.717, 1.165) is 17.0 Å². The Labute approximate surface area is 133 Å². The molecule has 0 unspecified atom stereocenters. The van der Waals surface area contributed by atoms with Crippen LogP contribution in [0.3, 0.4) is 0 Å². The van der Waals surface area contributed by atoms with Crippen molar-refractivity contribution < 1.29 is 9.53 Å². The normalized spacial score (nSPS) is 12.9. The second-order valence-electron chi connectivity index (χ2n) is 4.97. The number of nitrogens with zero attached hydrogens (tertiary/aromatic N) is 1. The lowest BCUT2D eigenvalue weighted by molar-refractivity contribution is -0.117. The maximum atomic E-state index is 12.2. The first-order chi connectivity index (χ1) is 10.7. The first kappa shape index (κ1) is 14.6. The van der Waals surface area contributed by atoms with Crippen LogP contribution in [-0.4, -0.2) is 24.0 Å². The molecule has 0 fully saturated rings. The lowest BCUT2D eigenvalue weighted by atomic mass is 10.1. The molecule has 1 aromatic heterocycles. The molecule has 5 heteroatoms. The number of hydrogen-bond acceptors (Lipinski definition) is 3. The van der Waals surface area contributed by atoms with Crippen molar-refractivity contribution in [1.82, 2.24) is 10.3 Å². The van der Waals surface area contributed by atoms with Gasteiger partial charge >= 0.3 is 0 Å². The van der Waals surface area contributed by atoms with Crippen LogP contribution in [0.5, 0.6) is 5.75 Å². The molecule has 1 amide bonds. The number of halogens is 1. The van der Waals surface area contributed by atoms with Gasteiger partial charge < -0.3 is 10.1 Å². The molecule has 112 valence electrons. The Morgan fingerprint density at radius 3 is 3.05 bits per heavy atom. The molecule has 0 saturated heterocycles. The Morgan fingerprint density at radius 2 is 2.23 bits per heavy atom. The summed E-state index contributed by atoms with van der Waals surface area (Å²) in [6.07, 6.45) is 4.26. The van der Waals surface area contributed by atoms with Crippen molar-refractivity contribution in [2.45, 2.75) is 6.42 Å². The second-order valence-corrected chi connectivity index (χ2v) is 5.40. The van der Waals surface area contributed by atoms with E-state index in [1.807, 2.05) is 30.3 Å². The summed E-state index contributed by atoms with van der Waals surface area (Å²) >= 11 is 5.96. The quantitative estimate of drug-likeness (QED) is 0.944. The van der Waals surface area contributed by atoms with Crippen molar-refractivity contribution >= 4 is 23.6 Å². The number of fused-ring (bicyclic) bond motifs is 1. The van der Waals surface area contributed by atoms with E-state index in [-0.39, 0.29) is 12.5 Å². The highest BCUT2D eigenvalue weighted by atomic mass is 35.5. The summed E-state index contributed by atoms with van der Waals surface area (Å²) in [5.41, 5.74) is 2.37. The van der Waals surface area contributed by atoms with E-state index in [4.69, 9.17) is 16.3 Å². The average molecular weight is 315 g/mol. The van der Waals surface area contributed by atoms with Gasteiger partial charge in [-0.1, -0.05) is 17.7 Å². The molecule has 0 aliphatic carbocycles. The maximum Gasteiger partial charge on any atom is 0.250 e. The Kier molecular flexibility index (Phi) is 4.39. The number of hydrogen-bond donors (Lipinski definition) is 1. The zero-order valence-electron chi connectivity index (χ0n) is 11.9. The Bertz CT molecular complexity index is 714. The summed E-state index contributed by atoms with van der Waals surface area (Å²) in [5.74, 6) is 0.621. The molecule has 2 heterocycles. The van der Waals surface area contributed by atoms with Crippen LogP contribution < -0.4 is 10.1 Å². The molecule has 1 aliphatic heterocycles. The summed E-state index contributed by atoms with van der Waals surface area (Å²) in [4.78, 5) is 16.4. The monoisotopic (exact) mass is 314 g/mol. The van der Waals surface area contributed by atoms with Crippen LogP contribution in [0, 0.1) is 0 Å². The fourth-order valence-electron chi connectivity index (χ4n) is 2.24. The smallest absolute Gasteiger partial charge is 0.250 e. The summed E-state index contributed by atoms with van der Waals surface area (Å²) in [5, 5.41) is 3.51. The fraction of sp³-hybridized carbons (Fsp3) is 0.176. The lowest BCUT2D eigenvalue weighted by Gasteiger charge is -2.17. The fourth-order valence-corrected chi connectivity index (χ4v) is 2.42. The summed E-state index contributed by atoms with van der Waals surface area (Å²) in [7, 11) is 0. The van der Waals surface area contributed by atoms with Crippen molar-refractivity contribution in [1.29, 1.82) is 0 Å². The number of aromatic nitrogens is 1. The van der Waals surface area contributed by atoms with Gasteiger partial charge in [0.1, 0.15) is 12.4 Å². The summed E-state index contributed by atoms with van der Waals surface area (Å²) in [6.45, 7) is 0.805. The first-order valence-electron chi connectivity index (χ1n) is 7.03. The van der Waals surface area contributed by atoms with E-state index in [9.17, 15) is 4.79 Å². The number of nitrogens with one attached hydrogen (secondary N) is 1. The zero-order valence-corrected chi connectivity index (χ0v) is 12.6. The van der Waals surface area contributed by atoms with Gasteiger partial charge in [-0.3, -0.25) is 9.78 Å². The van der Waals surface area contributed by atoms with Crippen LogP contribution in [0.2, 0.25) is 5.02 Å². The molecule has 0 bridgehead atoms. The topological polar surface area (TPSA) is 51.2 Å². The molecule has 4 nitrogen and oxygen atoms in total. The van der Waals surface area contributed by atoms with Crippen LogP contribution in [-0.2, 0) is 11.2 Å². The summed E-state index contributed by atoms with van der Waals surface area (Å²) in [6, 6.07) is 11.1. The van der Waals surface area contributed by atoms with Gasteiger partial charge in [0.05, 0.1) is 5.57 Å². The van der Waals surface area contributed by atoms with E-state index in [1.54, 1.807) is 18.3 Å². The van der Waals surface area contributed by atoms with Gasteiger partial charge in [-0.25, -0.2) is 0 Å². The molecule has 1 aliphatic rings. The van der Waals surface area contributed by atoms with Gasteiger partial charge in [-0.2, -0.15) is 0 Å². The van der Waals surface area contributed by atoms with Crippen molar-refractivity contribution in [2.75, 3.05) is 13.2 Å². The van der Waals surface area contributed by atoms with Gasteiger partial charge in [0.25, 0.3) is 5.91 Å². The van der Waals surface area contributed by atoms with Gasteiger partial charge in [-0.15, -0.1) is 0 Å². The number of carbonyl (C=O) groups is 1. The zero-order chi connectivity index (χ0) is 15.4. The molecule has 1 N–H and O–H groups in total. The van der Waals surface area contributed by atoms with Gasteiger partial charge in [-0.05, 0) is 36.4 Å². The molecule has 3 rings (SSSR count). The molecular weight excluding hydrogens is 300 g/mol. The van der Waals surface area contributed by atoms with E-state index in [2.05, 4.69) is 10.3 Å². The standard InChI is InChI=1S/C17H15ClN2O2/c18-14-4-5-16-12(10-14)9-13(11-22-16)17(21)20-8-6-15-3-1-2-7-19-15/h1-5,7,9-10H,6,8,11H2,(H,20,21). The molecule has 0 radical (unpaired) electrons. The lowest BCUT2D eigenvalue weighted by Crippen LogP contribution is -2.30. The minimum atomic E-state index is -0.124. The maximum absolute atomic E-state index is 12.2. The van der Waals surface area contributed by atoms with Gasteiger partial charge in [0.15, 0.2) is 0 Å². The number of ether oxygens (including phenoxy) is 1. The number of rotatable bonds is 4. The largest absolute Gasteiger partial charge is 0.488 e. The van der Waals surface area contributed by atoms with Crippen molar-refractivity contribution in [3.63, 3.8) is 0 Å². The van der Waals surface area contributed by atoms with Gasteiger partial charge in [0.2, 0.25) is 0 Å². The van der Waals surface area contributed by atoms with E-state index in [1.165, 1.54) is 0 Å². The Morgan fingerprint density at radius 1 is 1.32 bits per heavy atom. The molecule has 2 aromatic rings. The third-order valence-corrected chi connectivity index (χ3v) is 3.60. The molecule has 0 saturated carbocycles. The number of pyridine rings is 1. The Hall–Kier alpha value is -2.33. The van der Waals surface area contributed by atoms with Crippen LogP contribution >= 0.6 is 11.6 Å². The SMILES string of the molecule is O=C(NCCc1ccccn1)C1=Cc2cc(Cl)ccc2OC1. The van der Waals surface area contributed by atoms with Crippen LogP contribution in [0.25, 0.3) is 6.08 Å². The molecule has 1 aromatic carbocycles. The van der Waals surface area contributed by atoms with Crippen molar-refractivity contribution in [2.24, 2.45) is 0 Å². The van der Waals surface area contributed by atoms with E-state index < -0.39 is 0 Å². The number of benzene rings is 1. The predicted molar refractivity (Wildman–Crippen MR) is 85.9 cm³/mol. The predicted octanol–water partition coefficient (Wildman–Crippen LogP) is 2.87. The van der Waals surface area contributed by atoms with Crippen molar-refractivity contribution in [3.8, 4) is 5.75 Å². The molecule has 0 spiro atoms. The molecule has 22 heavy (non-hydrogen) atoms. The minimum Gasteiger partial charge on any atom is -0.488 e. The van der Waals surface area contributed by atoms with E-state index in [0.29, 0.717) is 23.6 Å². The first-order valence-corrected chi connectivity index (χ1v) is 7.41. The van der Waals surface area contributed by atoms with Crippen LogP contribution in [0.1, 0.15) is 11.3 Å².